The number of hydrogen-bond donors (Lipinski definition) is 1. The molecule has 0 aliphatic carbocycles. The number of aryl methyl sites for hydroxylation is 1. The van der Waals surface area contributed by atoms with E-state index in [4.69, 9.17) is 4.74 Å². The highest BCUT2D eigenvalue weighted by Gasteiger charge is 2.22. The van der Waals surface area contributed by atoms with Crippen molar-refractivity contribution in [3.8, 4) is 5.75 Å². The van der Waals surface area contributed by atoms with Crippen LogP contribution in [0.1, 0.15) is 22.3 Å². The number of carbonyl (C=O) groups excluding carboxylic acids is 1. The van der Waals surface area contributed by atoms with Gasteiger partial charge in [-0.25, -0.2) is 4.79 Å². The fourth-order valence-electron chi connectivity index (χ4n) is 3.48. The second-order valence-electron chi connectivity index (χ2n) is 7.21. The van der Waals surface area contributed by atoms with Gasteiger partial charge in [0, 0.05) is 44.5 Å². The van der Waals surface area contributed by atoms with Gasteiger partial charge < -0.3 is 19.3 Å². The number of carbonyl (C=O) groups is 1. The number of aromatic hydroxyl groups is 1. The summed E-state index contributed by atoms with van der Waals surface area (Å²) < 4.78 is 6.28. The second kappa shape index (κ2) is 8.48. The van der Waals surface area contributed by atoms with E-state index in [1.54, 1.807) is 17.2 Å². The van der Waals surface area contributed by atoms with Gasteiger partial charge in [-0.2, -0.15) is 0 Å². The molecule has 0 atom stereocenters. The zero-order chi connectivity index (χ0) is 20.3. The third kappa shape index (κ3) is 4.20. The minimum absolute atomic E-state index is 0.205. The van der Waals surface area contributed by atoms with E-state index in [-0.39, 0.29) is 17.4 Å². The van der Waals surface area contributed by atoms with E-state index in [0.717, 1.165) is 11.1 Å². The van der Waals surface area contributed by atoms with Crippen molar-refractivity contribution in [1.82, 2.24) is 14.4 Å². The van der Waals surface area contributed by atoms with E-state index in [1.807, 2.05) is 32.0 Å². The Morgan fingerprint density at radius 2 is 1.79 bits per heavy atom. The van der Waals surface area contributed by atoms with Crippen molar-refractivity contribution in [3.05, 3.63) is 63.1 Å². The fraction of sp³-hybridized carbons (Fsp3) is 0.429. The standard InChI is InChI=1S/C21H27N3O4/c1-15-5-4-6-17(16(15)2)14-24-8-7-18(19(25)20(24)26)13-22-9-11-23(12-10-22)21(27)28-3/h4-8,25H,9-14H2,1-3H3. The molecule has 150 valence electrons. The van der Waals surface area contributed by atoms with Crippen molar-refractivity contribution in [2.24, 2.45) is 0 Å². The zero-order valence-electron chi connectivity index (χ0n) is 16.6. The molecule has 0 unspecified atom stereocenters. The third-order valence-electron chi connectivity index (χ3n) is 5.48. The van der Waals surface area contributed by atoms with Gasteiger partial charge in [-0.15, -0.1) is 0 Å². The van der Waals surface area contributed by atoms with Crippen molar-refractivity contribution < 1.29 is 14.6 Å². The fourth-order valence-corrected chi connectivity index (χ4v) is 3.48. The Morgan fingerprint density at radius 1 is 1.07 bits per heavy atom. The molecular formula is C21H27N3O4. The average molecular weight is 385 g/mol. The maximum atomic E-state index is 12.6. The molecule has 0 bridgehead atoms. The molecule has 1 saturated heterocycles. The van der Waals surface area contributed by atoms with Crippen LogP contribution < -0.4 is 5.56 Å². The van der Waals surface area contributed by atoms with E-state index >= 15 is 0 Å². The smallest absolute Gasteiger partial charge is 0.409 e. The van der Waals surface area contributed by atoms with E-state index in [2.05, 4.69) is 4.90 Å². The number of methoxy groups -OCH3 is 1. The number of amides is 1. The Hall–Kier alpha value is -2.80. The van der Waals surface area contributed by atoms with Gasteiger partial charge in [0.05, 0.1) is 13.7 Å². The summed E-state index contributed by atoms with van der Waals surface area (Å²) in [5, 5.41) is 10.4. The van der Waals surface area contributed by atoms with Crippen LogP contribution in [0, 0.1) is 13.8 Å². The van der Waals surface area contributed by atoms with Crippen molar-refractivity contribution in [2.45, 2.75) is 26.9 Å². The van der Waals surface area contributed by atoms with Gasteiger partial charge in [0.15, 0.2) is 5.75 Å². The van der Waals surface area contributed by atoms with Crippen LogP contribution in [0.3, 0.4) is 0 Å². The highest BCUT2D eigenvalue weighted by atomic mass is 16.5. The normalized spacial score (nSPS) is 14.9. The first kappa shape index (κ1) is 19.9. The molecule has 1 aromatic heterocycles. The summed E-state index contributed by atoms with van der Waals surface area (Å²) in [5.41, 5.74) is 3.62. The molecule has 1 aliphatic rings. The second-order valence-corrected chi connectivity index (χ2v) is 7.21. The maximum absolute atomic E-state index is 12.6. The molecule has 7 nitrogen and oxygen atoms in total. The molecule has 28 heavy (non-hydrogen) atoms. The van der Waals surface area contributed by atoms with Gasteiger partial charge in [0.25, 0.3) is 5.56 Å². The highest BCUT2D eigenvalue weighted by molar-refractivity contribution is 5.67. The Labute approximate surface area is 164 Å². The Kier molecular flexibility index (Phi) is 6.04. The maximum Gasteiger partial charge on any atom is 0.409 e. The van der Waals surface area contributed by atoms with E-state index < -0.39 is 0 Å². The molecule has 1 aliphatic heterocycles. The largest absolute Gasteiger partial charge is 0.503 e. The average Bonchev–Trinajstić information content (AvgIpc) is 2.71. The lowest BCUT2D eigenvalue weighted by atomic mass is 10.0. The highest BCUT2D eigenvalue weighted by Crippen LogP contribution is 2.18. The molecule has 0 saturated carbocycles. The van der Waals surface area contributed by atoms with Gasteiger partial charge in [0.2, 0.25) is 0 Å². The van der Waals surface area contributed by atoms with E-state index in [0.29, 0.717) is 44.8 Å². The van der Waals surface area contributed by atoms with Crippen molar-refractivity contribution in [1.29, 1.82) is 0 Å². The first-order valence-corrected chi connectivity index (χ1v) is 9.42. The topological polar surface area (TPSA) is 75.0 Å². The minimum Gasteiger partial charge on any atom is -0.503 e. The molecule has 3 rings (SSSR count). The lowest BCUT2D eigenvalue weighted by molar-refractivity contribution is 0.0885. The summed E-state index contributed by atoms with van der Waals surface area (Å²) in [4.78, 5) is 28.0. The van der Waals surface area contributed by atoms with Crippen molar-refractivity contribution in [3.63, 3.8) is 0 Å². The molecule has 2 aromatic rings. The summed E-state index contributed by atoms with van der Waals surface area (Å²) in [6.07, 6.45) is 1.42. The predicted octanol–water partition coefficient (Wildman–Crippen LogP) is 2.10. The summed E-state index contributed by atoms with van der Waals surface area (Å²) in [6, 6.07) is 7.82. The van der Waals surface area contributed by atoms with E-state index in [1.165, 1.54) is 17.2 Å². The lowest BCUT2D eigenvalue weighted by Gasteiger charge is -2.33. The number of nitrogens with zero attached hydrogens (tertiary/aromatic N) is 3. The van der Waals surface area contributed by atoms with Gasteiger partial charge in [-0.1, -0.05) is 18.2 Å². The quantitative estimate of drug-likeness (QED) is 0.872. The van der Waals surface area contributed by atoms with E-state index in [9.17, 15) is 14.7 Å². The SMILES string of the molecule is COC(=O)N1CCN(Cc2ccn(Cc3cccc(C)c3C)c(=O)c2O)CC1. The number of pyridine rings is 1. The van der Waals surface area contributed by atoms with Crippen molar-refractivity contribution in [2.75, 3.05) is 33.3 Å². The summed E-state index contributed by atoms with van der Waals surface area (Å²) in [6.45, 7) is 7.45. The summed E-state index contributed by atoms with van der Waals surface area (Å²) in [7, 11) is 1.37. The molecule has 2 heterocycles. The van der Waals surface area contributed by atoms with Crippen LogP contribution in [0.25, 0.3) is 0 Å². The number of ether oxygens (including phenoxy) is 1. The Balaban J connectivity index is 1.70. The van der Waals surface area contributed by atoms with Crippen molar-refractivity contribution >= 4 is 6.09 Å². The molecule has 1 N–H and O–H groups in total. The Morgan fingerprint density at radius 3 is 2.46 bits per heavy atom. The number of aromatic nitrogens is 1. The molecule has 1 aromatic carbocycles. The lowest BCUT2D eigenvalue weighted by Crippen LogP contribution is -2.48. The zero-order valence-corrected chi connectivity index (χ0v) is 16.6. The van der Waals surface area contributed by atoms with Crippen LogP contribution in [-0.4, -0.2) is 58.9 Å². The first-order chi connectivity index (χ1) is 13.4. The molecule has 0 radical (unpaired) electrons. The number of piperazine rings is 1. The summed E-state index contributed by atoms with van der Waals surface area (Å²) >= 11 is 0. The molecule has 1 fully saturated rings. The number of benzene rings is 1. The van der Waals surface area contributed by atoms with Crippen LogP contribution in [0.5, 0.6) is 5.75 Å². The first-order valence-electron chi connectivity index (χ1n) is 9.42. The molecule has 1 amide bonds. The molecule has 0 spiro atoms. The number of hydrogen-bond acceptors (Lipinski definition) is 5. The monoisotopic (exact) mass is 385 g/mol. The minimum atomic E-state index is -0.383. The summed E-state index contributed by atoms with van der Waals surface area (Å²) in [5.74, 6) is -0.205. The Bertz CT molecular complexity index is 914. The van der Waals surface area contributed by atoms with Gasteiger partial charge >= 0.3 is 6.09 Å². The van der Waals surface area contributed by atoms with Crippen LogP contribution in [0.2, 0.25) is 0 Å². The molecule has 7 heteroatoms. The number of rotatable bonds is 4. The van der Waals surface area contributed by atoms with Gasteiger partial charge in [-0.3, -0.25) is 9.69 Å². The van der Waals surface area contributed by atoms with Crippen LogP contribution in [-0.2, 0) is 17.8 Å². The van der Waals surface area contributed by atoms with Crippen LogP contribution >= 0.6 is 0 Å². The van der Waals surface area contributed by atoms with Crippen LogP contribution in [0.15, 0.2) is 35.3 Å². The third-order valence-corrected chi connectivity index (χ3v) is 5.48. The van der Waals surface area contributed by atoms with Gasteiger partial charge in [0.1, 0.15) is 0 Å². The van der Waals surface area contributed by atoms with Crippen LogP contribution in [0.4, 0.5) is 4.79 Å². The van der Waals surface area contributed by atoms with Gasteiger partial charge in [-0.05, 0) is 36.6 Å². The predicted molar refractivity (Wildman–Crippen MR) is 107 cm³/mol. The molecular weight excluding hydrogens is 358 g/mol.